The molecule has 0 saturated carbocycles. The summed E-state index contributed by atoms with van der Waals surface area (Å²) in [6.45, 7) is 3.28. The van der Waals surface area contributed by atoms with Crippen LogP contribution in [0, 0.1) is 6.92 Å². The molecule has 0 aliphatic rings. The average Bonchev–Trinajstić information content (AvgIpc) is 3.00. The number of nitrogens with one attached hydrogen (secondary N) is 2. The summed E-state index contributed by atoms with van der Waals surface area (Å²) in [7, 11) is 3.27. The number of benzene rings is 2. The van der Waals surface area contributed by atoms with Gasteiger partial charge in [-0.05, 0) is 43.7 Å². The number of fused-ring (bicyclic) bond motifs is 1. The molecule has 3 aromatic rings. The first-order valence-corrected chi connectivity index (χ1v) is 8.81. The smallest absolute Gasteiger partial charge is 0.160 e. The number of aromatic amines is 1. The van der Waals surface area contributed by atoms with Crippen LogP contribution in [0.4, 0.5) is 0 Å². The van der Waals surface area contributed by atoms with E-state index in [0.29, 0.717) is 6.54 Å². The lowest BCUT2D eigenvalue weighted by Gasteiger charge is -2.13. The van der Waals surface area contributed by atoms with Crippen LogP contribution in [0.15, 0.2) is 42.5 Å². The van der Waals surface area contributed by atoms with Gasteiger partial charge in [0.2, 0.25) is 0 Å². The van der Waals surface area contributed by atoms with Crippen molar-refractivity contribution >= 4 is 10.9 Å². The normalized spacial score (nSPS) is 12.3. The summed E-state index contributed by atoms with van der Waals surface area (Å²) in [6.07, 6.45) is 0.302. The molecule has 26 heavy (non-hydrogen) atoms. The molecule has 5 heteroatoms. The Labute approximate surface area is 154 Å². The predicted octanol–water partition coefficient (Wildman–Crippen LogP) is 3.36. The van der Waals surface area contributed by atoms with Crippen molar-refractivity contribution in [1.82, 2.24) is 10.3 Å². The van der Waals surface area contributed by atoms with Gasteiger partial charge in [-0.15, -0.1) is 0 Å². The summed E-state index contributed by atoms with van der Waals surface area (Å²) in [5.74, 6) is 1.47. The van der Waals surface area contributed by atoms with Crippen molar-refractivity contribution < 1.29 is 14.6 Å². The van der Waals surface area contributed by atoms with Gasteiger partial charge < -0.3 is 24.9 Å². The summed E-state index contributed by atoms with van der Waals surface area (Å²) >= 11 is 0. The van der Waals surface area contributed by atoms with Gasteiger partial charge in [0.05, 0.1) is 20.3 Å². The molecule has 0 fully saturated rings. The monoisotopic (exact) mass is 354 g/mol. The molecule has 1 atom stereocenters. The molecule has 1 aromatic heterocycles. The summed E-state index contributed by atoms with van der Waals surface area (Å²) in [5, 5.41) is 15.0. The third kappa shape index (κ3) is 3.84. The third-order valence-corrected chi connectivity index (χ3v) is 4.65. The van der Waals surface area contributed by atoms with E-state index in [1.807, 2.05) is 49.4 Å². The highest BCUT2D eigenvalue weighted by Crippen LogP contribution is 2.28. The second-order valence-electron chi connectivity index (χ2n) is 6.37. The lowest BCUT2D eigenvalue weighted by molar-refractivity contribution is 0.176. The Morgan fingerprint density at radius 2 is 1.85 bits per heavy atom. The van der Waals surface area contributed by atoms with Gasteiger partial charge in [-0.3, -0.25) is 0 Å². The fourth-order valence-corrected chi connectivity index (χ4v) is 3.34. The van der Waals surface area contributed by atoms with E-state index in [4.69, 9.17) is 9.47 Å². The van der Waals surface area contributed by atoms with Crippen molar-refractivity contribution in [3.8, 4) is 11.5 Å². The van der Waals surface area contributed by atoms with Gasteiger partial charge >= 0.3 is 0 Å². The topological polar surface area (TPSA) is 66.5 Å². The number of hydrogen-bond acceptors (Lipinski definition) is 4. The third-order valence-electron chi connectivity index (χ3n) is 4.65. The van der Waals surface area contributed by atoms with Crippen molar-refractivity contribution in [2.45, 2.75) is 19.4 Å². The Hall–Kier alpha value is -2.50. The van der Waals surface area contributed by atoms with Gasteiger partial charge in [-0.1, -0.05) is 24.3 Å². The van der Waals surface area contributed by atoms with Crippen molar-refractivity contribution in [3.05, 3.63) is 59.3 Å². The summed E-state index contributed by atoms with van der Waals surface area (Å²) in [5.41, 5.74) is 4.21. The Kier molecular flexibility index (Phi) is 5.81. The van der Waals surface area contributed by atoms with Gasteiger partial charge in [0.1, 0.15) is 0 Å². The molecule has 0 spiro atoms. The predicted molar refractivity (Wildman–Crippen MR) is 104 cm³/mol. The summed E-state index contributed by atoms with van der Waals surface area (Å²) < 4.78 is 10.6. The number of H-pyrrole nitrogens is 1. The average molecular weight is 354 g/mol. The van der Waals surface area contributed by atoms with Crippen LogP contribution in [0.5, 0.6) is 11.5 Å². The van der Waals surface area contributed by atoms with Crippen molar-refractivity contribution in [1.29, 1.82) is 0 Å². The van der Waals surface area contributed by atoms with Crippen LogP contribution >= 0.6 is 0 Å². The molecule has 0 aliphatic heterocycles. The van der Waals surface area contributed by atoms with E-state index in [-0.39, 0.29) is 0 Å². The molecular weight excluding hydrogens is 328 g/mol. The minimum Gasteiger partial charge on any atom is -0.493 e. The van der Waals surface area contributed by atoms with Gasteiger partial charge in [-0.25, -0.2) is 0 Å². The maximum Gasteiger partial charge on any atom is 0.160 e. The Morgan fingerprint density at radius 1 is 1.08 bits per heavy atom. The molecule has 0 aliphatic carbocycles. The van der Waals surface area contributed by atoms with Crippen LogP contribution in [-0.4, -0.2) is 37.4 Å². The molecule has 0 amide bonds. The Balaban J connectivity index is 1.57. The maximum atomic E-state index is 10.6. The van der Waals surface area contributed by atoms with E-state index >= 15 is 0 Å². The fraction of sp³-hybridized carbons (Fsp3) is 0.333. The van der Waals surface area contributed by atoms with Gasteiger partial charge in [0, 0.05) is 28.7 Å². The zero-order valence-electron chi connectivity index (χ0n) is 15.5. The van der Waals surface area contributed by atoms with Gasteiger partial charge in [0.25, 0.3) is 0 Å². The molecule has 138 valence electrons. The molecule has 0 unspecified atom stereocenters. The molecule has 1 heterocycles. The highest BCUT2D eigenvalue weighted by atomic mass is 16.5. The molecule has 2 aromatic carbocycles. The van der Waals surface area contributed by atoms with E-state index in [0.717, 1.165) is 52.2 Å². The second kappa shape index (κ2) is 8.25. The van der Waals surface area contributed by atoms with E-state index in [1.54, 1.807) is 14.2 Å². The molecule has 0 radical (unpaired) electrons. The molecule has 3 rings (SSSR count). The first-order valence-electron chi connectivity index (χ1n) is 8.81. The number of hydrogen-bond donors (Lipinski definition) is 3. The van der Waals surface area contributed by atoms with Crippen LogP contribution in [0.25, 0.3) is 10.9 Å². The minimum absolute atomic E-state index is 0.510. The fourth-order valence-electron chi connectivity index (χ4n) is 3.34. The van der Waals surface area contributed by atoms with E-state index < -0.39 is 6.10 Å². The second-order valence-corrected chi connectivity index (χ2v) is 6.37. The maximum absolute atomic E-state index is 10.6. The minimum atomic E-state index is -0.545. The summed E-state index contributed by atoms with van der Waals surface area (Å²) in [6, 6.07) is 14.0. The Morgan fingerprint density at radius 3 is 2.62 bits per heavy atom. The van der Waals surface area contributed by atoms with Gasteiger partial charge in [-0.2, -0.15) is 0 Å². The van der Waals surface area contributed by atoms with Crippen LogP contribution < -0.4 is 14.8 Å². The van der Waals surface area contributed by atoms with Gasteiger partial charge in [0.15, 0.2) is 11.5 Å². The van der Waals surface area contributed by atoms with E-state index in [1.165, 1.54) is 0 Å². The first kappa shape index (κ1) is 18.3. The van der Waals surface area contributed by atoms with Crippen LogP contribution in [0.2, 0.25) is 0 Å². The van der Waals surface area contributed by atoms with Crippen LogP contribution in [0.1, 0.15) is 22.9 Å². The van der Waals surface area contributed by atoms with Crippen LogP contribution in [0.3, 0.4) is 0 Å². The number of ether oxygens (including phenoxy) is 2. The van der Waals surface area contributed by atoms with Crippen molar-refractivity contribution in [2.75, 3.05) is 27.3 Å². The van der Waals surface area contributed by atoms with E-state index in [9.17, 15) is 5.11 Å². The molecule has 5 nitrogen and oxygen atoms in total. The van der Waals surface area contributed by atoms with Crippen LogP contribution in [-0.2, 0) is 6.42 Å². The highest BCUT2D eigenvalue weighted by molar-refractivity contribution is 5.84. The zero-order chi connectivity index (χ0) is 18.5. The number of rotatable bonds is 8. The first-order chi connectivity index (χ1) is 12.6. The zero-order valence-corrected chi connectivity index (χ0v) is 15.5. The Bertz CT molecular complexity index is 873. The quantitative estimate of drug-likeness (QED) is 0.543. The standard InChI is InChI=1S/C21H26N2O3/c1-14-21(16-6-4-5-7-17(16)23-14)18(24)13-22-11-10-15-8-9-19(25-2)20(12-15)26-3/h4-9,12,18,22-24H,10-11,13H2,1-3H3/t18-/m0/s1. The molecular formula is C21H26N2O3. The lowest BCUT2D eigenvalue weighted by atomic mass is 10.1. The number of aliphatic hydroxyl groups excluding tert-OH is 1. The van der Waals surface area contributed by atoms with Crippen molar-refractivity contribution in [2.24, 2.45) is 0 Å². The largest absolute Gasteiger partial charge is 0.493 e. The number of methoxy groups -OCH3 is 2. The SMILES string of the molecule is COc1ccc(CCNC[C@H](O)c2c(C)[nH]c3ccccc23)cc1OC. The number of aromatic nitrogens is 1. The summed E-state index contributed by atoms with van der Waals surface area (Å²) in [4.78, 5) is 3.33. The van der Waals surface area contributed by atoms with E-state index in [2.05, 4.69) is 10.3 Å². The molecule has 3 N–H and O–H groups in total. The lowest BCUT2D eigenvalue weighted by Crippen LogP contribution is -2.24. The highest BCUT2D eigenvalue weighted by Gasteiger charge is 2.16. The number of aryl methyl sites for hydroxylation is 1. The van der Waals surface area contributed by atoms with Crippen molar-refractivity contribution in [3.63, 3.8) is 0 Å². The molecule has 0 saturated heterocycles. The number of aliphatic hydroxyl groups is 1. The number of para-hydroxylation sites is 1. The molecule has 0 bridgehead atoms.